The van der Waals surface area contributed by atoms with Crippen molar-refractivity contribution < 1.29 is 9.53 Å². The van der Waals surface area contributed by atoms with Gasteiger partial charge in [-0.2, -0.15) is 0 Å². The number of thiophene rings is 1. The van der Waals surface area contributed by atoms with E-state index in [1.165, 1.54) is 0 Å². The summed E-state index contributed by atoms with van der Waals surface area (Å²) >= 11 is 3.31. The highest BCUT2D eigenvalue weighted by Gasteiger charge is 2.43. The zero-order valence-corrected chi connectivity index (χ0v) is 17.5. The molecule has 144 valence electrons. The number of ether oxygens (including phenoxy) is 1. The third-order valence-corrected chi connectivity index (χ3v) is 7.64. The van der Waals surface area contributed by atoms with Crippen LogP contribution in [0.1, 0.15) is 40.7 Å². The molecule has 28 heavy (non-hydrogen) atoms. The van der Waals surface area contributed by atoms with Gasteiger partial charge in [-0.25, -0.2) is 0 Å². The number of carbonyl (C=O) groups is 1. The van der Waals surface area contributed by atoms with E-state index in [0.29, 0.717) is 6.42 Å². The highest BCUT2D eigenvalue weighted by Crippen LogP contribution is 2.42. The molecule has 7 heteroatoms. The second-order valence-corrected chi connectivity index (χ2v) is 9.60. The van der Waals surface area contributed by atoms with Gasteiger partial charge in [0.2, 0.25) is 5.13 Å². The number of aromatic nitrogens is 2. The number of anilines is 1. The molecule has 0 unspecified atom stereocenters. The fraction of sp³-hybridized carbons (Fsp3) is 0.381. The number of hydrogen-bond acceptors (Lipinski definition) is 7. The van der Waals surface area contributed by atoms with Gasteiger partial charge in [-0.1, -0.05) is 23.5 Å². The first-order chi connectivity index (χ1) is 13.5. The summed E-state index contributed by atoms with van der Waals surface area (Å²) in [5.41, 5.74) is 2.52. The Morgan fingerprint density at radius 3 is 2.75 bits per heavy atom. The van der Waals surface area contributed by atoms with Gasteiger partial charge in [-0.3, -0.25) is 4.79 Å². The van der Waals surface area contributed by atoms with Crippen LogP contribution in [-0.4, -0.2) is 34.7 Å². The van der Waals surface area contributed by atoms with Crippen LogP contribution in [-0.2, 0) is 0 Å². The number of rotatable bonds is 2. The molecule has 5 nitrogen and oxygen atoms in total. The van der Waals surface area contributed by atoms with Gasteiger partial charge in [0.1, 0.15) is 11.4 Å². The van der Waals surface area contributed by atoms with Gasteiger partial charge in [0.25, 0.3) is 0 Å². The lowest BCUT2D eigenvalue weighted by Gasteiger charge is -2.44. The van der Waals surface area contributed by atoms with Crippen molar-refractivity contribution in [2.24, 2.45) is 0 Å². The van der Waals surface area contributed by atoms with Crippen LogP contribution in [0.4, 0.5) is 5.13 Å². The first kappa shape index (κ1) is 17.8. The van der Waals surface area contributed by atoms with Crippen LogP contribution in [0.5, 0.6) is 5.75 Å². The molecule has 2 aromatic heterocycles. The molecule has 0 saturated carbocycles. The first-order valence-corrected chi connectivity index (χ1v) is 11.2. The first-order valence-electron chi connectivity index (χ1n) is 9.49. The van der Waals surface area contributed by atoms with Crippen LogP contribution in [0.15, 0.2) is 29.6 Å². The van der Waals surface area contributed by atoms with E-state index in [1.54, 1.807) is 22.7 Å². The highest BCUT2D eigenvalue weighted by molar-refractivity contribution is 7.22. The lowest BCUT2D eigenvalue weighted by molar-refractivity contribution is 0.0226. The second-order valence-electron chi connectivity index (χ2n) is 7.70. The van der Waals surface area contributed by atoms with E-state index in [-0.39, 0.29) is 11.4 Å². The van der Waals surface area contributed by atoms with Crippen molar-refractivity contribution in [3.05, 3.63) is 46.3 Å². The maximum atomic E-state index is 12.8. The predicted molar refractivity (Wildman–Crippen MR) is 113 cm³/mol. The van der Waals surface area contributed by atoms with Crippen LogP contribution in [0.2, 0.25) is 0 Å². The Morgan fingerprint density at radius 1 is 1.18 bits per heavy atom. The Morgan fingerprint density at radius 2 is 2.00 bits per heavy atom. The Hall–Kier alpha value is -2.25. The molecule has 0 aliphatic carbocycles. The Kier molecular flexibility index (Phi) is 4.25. The summed E-state index contributed by atoms with van der Waals surface area (Å²) in [4.78, 5) is 16.3. The molecule has 1 fully saturated rings. The van der Waals surface area contributed by atoms with Crippen molar-refractivity contribution in [2.45, 2.75) is 38.7 Å². The summed E-state index contributed by atoms with van der Waals surface area (Å²) < 4.78 is 6.49. The molecule has 1 spiro atoms. The van der Waals surface area contributed by atoms with Crippen molar-refractivity contribution in [2.75, 3.05) is 18.0 Å². The molecule has 0 radical (unpaired) electrons. The number of carbonyl (C=O) groups excluding carboxylic acids is 1. The van der Waals surface area contributed by atoms with Gasteiger partial charge in [0.15, 0.2) is 10.8 Å². The average molecular weight is 412 g/mol. The summed E-state index contributed by atoms with van der Waals surface area (Å²) in [5, 5.41) is 12.7. The molecule has 0 amide bonds. The predicted octanol–water partition coefficient (Wildman–Crippen LogP) is 4.89. The molecule has 2 aliphatic rings. The van der Waals surface area contributed by atoms with Crippen molar-refractivity contribution >= 4 is 33.6 Å². The largest absolute Gasteiger partial charge is 0.486 e. The summed E-state index contributed by atoms with van der Waals surface area (Å²) in [6.07, 6.45) is 2.10. The van der Waals surface area contributed by atoms with Crippen LogP contribution in [0.3, 0.4) is 0 Å². The Balaban J connectivity index is 1.34. The van der Waals surface area contributed by atoms with E-state index in [9.17, 15) is 4.79 Å². The molecule has 0 atom stereocenters. The number of nitrogens with zero attached hydrogens (tertiary/aromatic N) is 3. The number of benzene rings is 1. The van der Waals surface area contributed by atoms with Gasteiger partial charge >= 0.3 is 0 Å². The summed E-state index contributed by atoms with van der Waals surface area (Å²) in [7, 11) is 0. The minimum absolute atomic E-state index is 0.206. The fourth-order valence-electron chi connectivity index (χ4n) is 4.16. The quantitative estimate of drug-likeness (QED) is 0.601. The zero-order chi connectivity index (χ0) is 19.3. The van der Waals surface area contributed by atoms with Gasteiger partial charge in [0, 0.05) is 25.9 Å². The molecule has 3 aromatic rings. The Labute approximate surface area is 172 Å². The number of hydrogen-bond donors (Lipinski definition) is 0. The van der Waals surface area contributed by atoms with E-state index < -0.39 is 0 Å². The molecule has 1 saturated heterocycles. The minimum atomic E-state index is -0.387. The molecule has 1 aromatic carbocycles. The standard InChI is InChI=1S/C21H21N3O2S2/c1-13-10-14(2)18-15(11-13)16(25)12-21(26-18)5-7-24(8-6-21)20-23-22-19(28-20)17-4-3-9-27-17/h3-4,9-11H,5-8,12H2,1-2H3. The van der Waals surface area contributed by atoms with Crippen LogP contribution in [0.25, 0.3) is 9.88 Å². The number of piperidine rings is 1. The van der Waals surface area contributed by atoms with E-state index in [2.05, 4.69) is 32.6 Å². The number of aryl methyl sites for hydroxylation is 2. The van der Waals surface area contributed by atoms with E-state index >= 15 is 0 Å². The third kappa shape index (κ3) is 3.02. The normalized spacial score (nSPS) is 18.2. The van der Waals surface area contributed by atoms with Crippen LogP contribution in [0, 0.1) is 13.8 Å². The van der Waals surface area contributed by atoms with Crippen LogP contribution < -0.4 is 9.64 Å². The van der Waals surface area contributed by atoms with E-state index in [1.807, 2.05) is 26.0 Å². The van der Waals surface area contributed by atoms with Gasteiger partial charge < -0.3 is 9.64 Å². The maximum Gasteiger partial charge on any atom is 0.208 e. The van der Waals surface area contributed by atoms with Crippen molar-refractivity contribution in [3.63, 3.8) is 0 Å². The summed E-state index contributed by atoms with van der Waals surface area (Å²) in [6.45, 7) is 5.70. The molecular weight excluding hydrogens is 390 g/mol. The number of ketones is 1. The van der Waals surface area contributed by atoms with E-state index in [0.717, 1.165) is 63.4 Å². The lowest BCUT2D eigenvalue weighted by Crippen LogP contribution is -2.51. The topological polar surface area (TPSA) is 55.3 Å². The monoisotopic (exact) mass is 411 g/mol. The summed E-state index contributed by atoms with van der Waals surface area (Å²) in [5.74, 6) is 0.989. The zero-order valence-electron chi connectivity index (χ0n) is 15.9. The third-order valence-electron chi connectivity index (χ3n) is 5.61. The second kappa shape index (κ2) is 6.67. The lowest BCUT2D eigenvalue weighted by atomic mass is 9.81. The molecule has 4 heterocycles. The minimum Gasteiger partial charge on any atom is -0.486 e. The molecule has 0 N–H and O–H groups in total. The average Bonchev–Trinajstić information content (AvgIpc) is 3.35. The molecular formula is C21H21N3O2S2. The van der Waals surface area contributed by atoms with E-state index in [4.69, 9.17) is 4.74 Å². The van der Waals surface area contributed by atoms with Crippen molar-refractivity contribution in [1.82, 2.24) is 10.2 Å². The van der Waals surface area contributed by atoms with Gasteiger partial charge in [-0.15, -0.1) is 21.5 Å². The Bertz CT molecular complexity index is 1030. The SMILES string of the molecule is Cc1cc(C)c2c(c1)C(=O)CC1(CCN(c3nnc(-c4cccs4)s3)CC1)O2. The van der Waals surface area contributed by atoms with Crippen LogP contribution >= 0.6 is 22.7 Å². The smallest absolute Gasteiger partial charge is 0.208 e. The molecule has 2 aliphatic heterocycles. The molecule has 5 rings (SSSR count). The number of Topliss-reactive ketones (excluding diaryl/α,β-unsaturated/α-hetero) is 1. The van der Waals surface area contributed by atoms with Gasteiger partial charge in [0.05, 0.1) is 16.9 Å². The molecule has 0 bridgehead atoms. The fourth-order valence-corrected chi connectivity index (χ4v) is 5.85. The maximum absolute atomic E-state index is 12.8. The number of fused-ring (bicyclic) bond motifs is 1. The summed E-state index contributed by atoms with van der Waals surface area (Å²) in [6, 6.07) is 8.15. The highest BCUT2D eigenvalue weighted by atomic mass is 32.1. The van der Waals surface area contributed by atoms with Crippen molar-refractivity contribution in [1.29, 1.82) is 0 Å². The van der Waals surface area contributed by atoms with Gasteiger partial charge in [-0.05, 0) is 42.5 Å². The van der Waals surface area contributed by atoms with Crippen molar-refractivity contribution in [3.8, 4) is 15.6 Å².